The van der Waals surface area contributed by atoms with Gasteiger partial charge in [0.15, 0.2) is 5.75 Å². The Kier molecular flexibility index (Phi) is 6.04. The highest BCUT2D eigenvalue weighted by atomic mass is 16.5. The molecule has 1 rings (SSSR count). The summed E-state index contributed by atoms with van der Waals surface area (Å²) in [6.45, 7) is 20.0. The lowest BCUT2D eigenvalue weighted by atomic mass is 9.69. The number of hydrogen-bond donors (Lipinski definition) is 1. The molecule has 132 valence electrons. The minimum Gasteiger partial charge on any atom is -0.424 e. The van der Waals surface area contributed by atoms with Crippen molar-refractivity contribution >= 4 is 23.8 Å². The van der Waals surface area contributed by atoms with Crippen LogP contribution in [0.15, 0.2) is 25.3 Å². The molecule has 24 heavy (non-hydrogen) atoms. The van der Waals surface area contributed by atoms with Gasteiger partial charge in [-0.15, -0.1) is 0 Å². The average molecular weight is 329 g/mol. The lowest BCUT2D eigenvalue weighted by molar-refractivity contribution is -0.149. The standard InChI is InChI=1S/C21H31NO2/c1-9-15-11-12-17(18(22)16(15)10-2)24-19(23)21(8,14(3)4)13-20(5,6)7/h9-12,14H,1-2,13,22H2,3-8H3. The van der Waals surface area contributed by atoms with Crippen LogP contribution in [-0.2, 0) is 4.79 Å². The van der Waals surface area contributed by atoms with Crippen LogP contribution in [0, 0.1) is 16.7 Å². The number of anilines is 1. The van der Waals surface area contributed by atoms with E-state index in [1.165, 1.54) is 0 Å². The fourth-order valence-electron chi connectivity index (χ4n) is 2.96. The van der Waals surface area contributed by atoms with E-state index in [0.717, 1.165) is 17.5 Å². The minimum absolute atomic E-state index is 0.0164. The molecule has 3 nitrogen and oxygen atoms in total. The third-order valence-electron chi connectivity index (χ3n) is 4.55. The van der Waals surface area contributed by atoms with E-state index in [9.17, 15) is 4.79 Å². The Balaban J connectivity index is 3.22. The first kappa shape index (κ1) is 20.0. The summed E-state index contributed by atoms with van der Waals surface area (Å²) in [6.07, 6.45) is 4.09. The van der Waals surface area contributed by atoms with Crippen molar-refractivity contribution in [1.82, 2.24) is 0 Å². The Morgan fingerprint density at radius 3 is 2.21 bits per heavy atom. The molecule has 1 atom stereocenters. The lowest BCUT2D eigenvalue weighted by Gasteiger charge is -2.36. The van der Waals surface area contributed by atoms with Gasteiger partial charge in [0.05, 0.1) is 11.1 Å². The second kappa shape index (κ2) is 7.25. The highest BCUT2D eigenvalue weighted by Crippen LogP contribution is 2.41. The highest BCUT2D eigenvalue weighted by Gasteiger charge is 2.41. The molecular formula is C21H31NO2. The number of carbonyl (C=O) groups excluding carboxylic acids is 1. The van der Waals surface area contributed by atoms with E-state index >= 15 is 0 Å². The predicted octanol–water partition coefficient (Wildman–Crippen LogP) is 5.56. The largest absolute Gasteiger partial charge is 0.424 e. The molecule has 1 aromatic rings. The van der Waals surface area contributed by atoms with E-state index in [-0.39, 0.29) is 17.3 Å². The smallest absolute Gasteiger partial charge is 0.317 e. The van der Waals surface area contributed by atoms with Gasteiger partial charge >= 0.3 is 5.97 Å². The summed E-state index contributed by atoms with van der Waals surface area (Å²) in [5, 5.41) is 0. The maximum absolute atomic E-state index is 12.9. The van der Waals surface area contributed by atoms with Gasteiger partial charge in [-0.05, 0) is 36.3 Å². The quantitative estimate of drug-likeness (QED) is 0.422. The van der Waals surface area contributed by atoms with Crippen molar-refractivity contribution in [2.45, 2.75) is 48.0 Å². The van der Waals surface area contributed by atoms with Crippen molar-refractivity contribution < 1.29 is 9.53 Å². The number of rotatable bonds is 6. The Morgan fingerprint density at radius 2 is 1.79 bits per heavy atom. The van der Waals surface area contributed by atoms with Gasteiger partial charge in [0.25, 0.3) is 0 Å². The van der Waals surface area contributed by atoms with E-state index in [0.29, 0.717) is 11.4 Å². The molecule has 0 radical (unpaired) electrons. The van der Waals surface area contributed by atoms with Gasteiger partial charge in [-0.2, -0.15) is 0 Å². The fraction of sp³-hybridized carbons (Fsp3) is 0.476. The normalized spacial score (nSPS) is 14.1. The summed E-state index contributed by atoms with van der Waals surface area (Å²) in [7, 11) is 0. The van der Waals surface area contributed by atoms with Crippen LogP contribution in [0.3, 0.4) is 0 Å². The Morgan fingerprint density at radius 1 is 1.21 bits per heavy atom. The molecule has 0 heterocycles. The van der Waals surface area contributed by atoms with Crippen molar-refractivity contribution in [2.24, 2.45) is 16.7 Å². The fourth-order valence-corrected chi connectivity index (χ4v) is 2.96. The summed E-state index contributed by atoms with van der Waals surface area (Å²) in [5.41, 5.74) is 7.61. The zero-order valence-corrected chi connectivity index (χ0v) is 15.9. The van der Waals surface area contributed by atoms with E-state index in [2.05, 4.69) is 33.9 Å². The number of carbonyl (C=O) groups is 1. The Bertz CT molecular complexity index is 638. The van der Waals surface area contributed by atoms with Crippen LogP contribution in [0.2, 0.25) is 0 Å². The van der Waals surface area contributed by atoms with Gasteiger partial charge in [0.1, 0.15) is 0 Å². The number of hydrogen-bond acceptors (Lipinski definition) is 3. The zero-order valence-electron chi connectivity index (χ0n) is 15.9. The second-order valence-corrected chi connectivity index (χ2v) is 8.09. The first-order valence-electron chi connectivity index (χ1n) is 8.36. The molecule has 0 saturated heterocycles. The van der Waals surface area contributed by atoms with Crippen LogP contribution >= 0.6 is 0 Å². The van der Waals surface area contributed by atoms with Crippen LogP contribution in [0.5, 0.6) is 5.75 Å². The van der Waals surface area contributed by atoms with Gasteiger partial charge in [0, 0.05) is 5.56 Å². The SMILES string of the molecule is C=Cc1ccc(OC(=O)C(C)(CC(C)(C)C)C(C)C)c(N)c1C=C. The molecule has 0 spiro atoms. The summed E-state index contributed by atoms with van der Waals surface area (Å²) < 4.78 is 5.71. The summed E-state index contributed by atoms with van der Waals surface area (Å²) in [6, 6.07) is 3.55. The van der Waals surface area contributed by atoms with Crippen molar-refractivity contribution in [3.05, 3.63) is 36.4 Å². The number of nitrogens with two attached hydrogens (primary N) is 1. The Hall–Kier alpha value is -2.03. The van der Waals surface area contributed by atoms with Crippen LogP contribution in [0.25, 0.3) is 12.2 Å². The molecule has 0 aliphatic heterocycles. The second-order valence-electron chi connectivity index (χ2n) is 8.09. The van der Waals surface area contributed by atoms with Crippen molar-refractivity contribution in [3.8, 4) is 5.75 Å². The third-order valence-corrected chi connectivity index (χ3v) is 4.55. The van der Waals surface area contributed by atoms with E-state index in [1.807, 2.05) is 26.8 Å². The monoisotopic (exact) mass is 329 g/mol. The van der Waals surface area contributed by atoms with E-state index in [1.54, 1.807) is 18.2 Å². The first-order valence-corrected chi connectivity index (χ1v) is 8.36. The maximum atomic E-state index is 12.9. The number of esters is 1. The maximum Gasteiger partial charge on any atom is 0.317 e. The molecule has 1 aromatic carbocycles. The van der Waals surface area contributed by atoms with Crippen molar-refractivity contribution in [2.75, 3.05) is 5.73 Å². The van der Waals surface area contributed by atoms with Gasteiger partial charge in [-0.25, -0.2) is 0 Å². The molecule has 0 amide bonds. The van der Waals surface area contributed by atoms with Crippen LogP contribution < -0.4 is 10.5 Å². The first-order chi connectivity index (χ1) is 11.0. The molecule has 0 fully saturated rings. The average Bonchev–Trinajstić information content (AvgIpc) is 2.46. The van der Waals surface area contributed by atoms with Crippen LogP contribution in [-0.4, -0.2) is 5.97 Å². The topological polar surface area (TPSA) is 52.3 Å². The molecule has 3 heteroatoms. The van der Waals surface area contributed by atoms with Crippen molar-refractivity contribution in [3.63, 3.8) is 0 Å². The summed E-state index contributed by atoms with van der Waals surface area (Å²) in [4.78, 5) is 12.9. The number of benzene rings is 1. The minimum atomic E-state index is -0.587. The third kappa shape index (κ3) is 4.28. The molecular weight excluding hydrogens is 298 g/mol. The molecule has 0 aliphatic rings. The molecule has 0 bridgehead atoms. The lowest BCUT2D eigenvalue weighted by Crippen LogP contribution is -2.40. The predicted molar refractivity (Wildman–Crippen MR) is 104 cm³/mol. The van der Waals surface area contributed by atoms with E-state index in [4.69, 9.17) is 10.5 Å². The number of ether oxygens (including phenoxy) is 1. The van der Waals surface area contributed by atoms with Gasteiger partial charge in [-0.3, -0.25) is 4.79 Å². The number of nitrogen functional groups attached to an aromatic ring is 1. The molecule has 0 aliphatic carbocycles. The highest BCUT2D eigenvalue weighted by molar-refractivity contribution is 5.84. The molecule has 0 saturated carbocycles. The van der Waals surface area contributed by atoms with Gasteiger partial charge in [-0.1, -0.05) is 66.0 Å². The molecule has 1 unspecified atom stereocenters. The molecule has 0 aromatic heterocycles. The van der Waals surface area contributed by atoms with Gasteiger partial charge < -0.3 is 10.5 Å². The van der Waals surface area contributed by atoms with Crippen LogP contribution in [0.1, 0.15) is 59.1 Å². The molecule has 2 N–H and O–H groups in total. The summed E-state index contributed by atoms with van der Waals surface area (Å²) >= 11 is 0. The zero-order chi connectivity index (χ0) is 18.7. The van der Waals surface area contributed by atoms with Gasteiger partial charge in [0.2, 0.25) is 0 Å². The van der Waals surface area contributed by atoms with Crippen molar-refractivity contribution in [1.29, 1.82) is 0 Å². The van der Waals surface area contributed by atoms with Crippen LogP contribution in [0.4, 0.5) is 5.69 Å². The Labute approximate surface area is 146 Å². The van der Waals surface area contributed by atoms with E-state index < -0.39 is 5.41 Å². The summed E-state index contributed by atoms with van der Waals surface area (Å²) in [5.74, 6) is 0.276.